The molecule has 5 nitrogen and oxygen atoms in total. The second kappa shape index (κ2) is 7.95. The fraction of sp³-hybridized carbons (Fsp3) is 0.286. The van der Waals surface area contributed by atoms with E-state index in [1.54, 1.807) is 13.4 Å². The predicted octanol–water partition coefficient (Wildman–Crippen LogP) is 4.22. The normalized spacial score (nSPS) is 10.7. The van der Waals surface area contributed by atoms with E-state index in [0.717, 1.165) is 27.8 Å². The molecule has 2 aromatic carbocycles. The Hall–Kier alpha value is -2.95. The van der Waals surface area contributed by atoms with Crippen LogP contribution in [0.25, 0.3) is 11.0 Å². The molecule has 0 unspecified atom stereocenters. The van der Waals surface area contributed by atoms with Gasteiger partial charge in [0.15, 0.2) is 0 Å². The quantitative estimate of drug-likeness (QED) is 0.470. The molecule has 0 spiro atoms. The number of rotatable bonds is 7. The van der Waals surface area contributed by atoms with Gasteiger partial charge in [-0.3, -0.25) is 4.79 Å². The van der Waals surface area contributed by atoms with Crippen LogP contribution in [-0.4, -0.2) is 26.3 Å². The average Bonchev–Trinajstić information content (AvgIpc) is 3.01. The van der Waals surface area contributed by atoms with Crippen LogP contribution in [0.3, 0.4) is 0 Å². The van der Waals surface area contributed by atoms with Gasteiger partial charge in [0, 0.05) is 10.9 Å². The van der Waals surface area contributed by atoms with Crippen molar-refractivity contribution < 1.29 is 23.4 Å². The van der Waals surface area contributed by atoms with Crippen LogP contribution in [0, 0.1) is 13.8 Å². The molecule has 0 aliphatic carbocycles. The first-order valence-corrected chi connectivity index (χ1v) is 8.46. The third-order valence-electron chi connectivity index (χ3n) is 4.28. The maximum atomic E-state index is 12.1. The Balaban J connectivity index is 1.49. The summed E-state index contributed by atoms with van der Waals surface area (Å²) in [6.07, 6.45) is 1.80. The van der Waals surface area contributed by atoms with E-state index in [1.807, 2.05) is 50.2 Å². The molecule has 0 saturated heterocycles. The summed E-state index contributed by atoms with van der Waals surface area (Å²) in [6.45, 7) is 4.57. The van der Waals surface area contributed by atoms with E-state index in [1.165, 1.54) is 5.56 Å². The smallest absolute Gasteiger partial charge is 0.310 e. The third kappa shape index (κ3) is 4.17. The molecule has 1 heterocycles. The summed E-state index contributed by atoms with van der Waals surface area (Å²) >= 11 is 0. The number of aryl methyl sites for hydroxylation is 2. The first kappa shape index (κ1) is 17.9. The lowest BCUT2D eigenvalue weighted by molar-refractivity contribution is -0.143. The minimum Gasteiger partial charge on any atom is -0.497 e. The lowest BCUT2D eigenvalue weighted by atomic mass is 10.0. The summed E-state index contributed by atoms with van der Waals surface area (Å²) in [5, 5.41) is 0.958. The van der Waals surface area contributed by atoms with Crippen molar-refractivity contribution in [2.45, 2.75) is 20.3 Å². The van der Waals surface area contributed by atoms with Gasteiger partial charge in [-0.05, 0) is 61.4 Å². The van der Waals surface area contributed by atoms with Crippen LogP contribution in [0.5, 0.6) is 11.5 Å². The Morgan fingerprint density at radius 3 is 2.42 bits per heavy atom. The average molecular weight is 354 g/mol. The molecule has 0 N–H and O–H groups in total. The van der Waals surface area contributed by atoms with E-state index >= 15 is 0 Å². The number of hydrogen-bond acceptors (Lipinski definition) is 5. The van der Waals surface area contributed by atoms with Gasteiger partial charge in [0.1, 0.15) is 30.3 Å². The van der Waals surface area contributed by atoms with Gasteiger partial charge < -0.3 is 18.6 Å². The molecule has 0 amide bonds. The molecule has 0 aliphatic rings. The van der Waals surface area contributed by atoms with E-state index in [9.17, 15) is 4.79 Å². The molecule has 0 atom stereocenters. The van der Waals surface area contributed by atoms with Gasteiger partial charge in [-0.2, -0.15) is 0 Å². The maximum absolute atomic E-state index is 12.1. The van der Waals surface area contributed by atoms with Gasteiger partial charge in [-0.15, -0.1) is 0 Å². The van der Waals surface area contributed by atoms with Crippen molar-refractivity contribution in [2.24, 2.45) is 0 Å². The Morgan fingerprint density at radius 2 is 1.69 bits per heavy atom. The Bertz CT molecular complexity index is 893. The minimum absolute atomic E-state index is 0.179. The molecule has 0 radical (unpaired) electrons. The Kier molecular flexibility index (Phi) is 5.46. The summed E-state index contributed by atoms with van der Waals surface area (Å²) in [7, 11) is 1.61. The summed E-state index contributed by atoms with van der Waals surface area (Å²) < 4.78 is 21.4. The maximum Gasteiger partial charge on any atom is 0.310 e. The van der Waals surface area contributed by atoms with Crippen LogP contribution >= 0.6 is 0 Å². The van der Waals surface area contributed by atoms with Crippen LogP contribution in [0.1, 0.15) is 16.7 Å². The number of hydrogen-bond donors (Lipinski definition) is 0. The predicted molar refractivity (Wildman–Crippen MR) is 98.8 cm³/mol. The van der Waals surface area contributed by atoms with Crippen LogP contribution in [0.4, 0.5) is 0 Å². The number of benzene rings is 2. The number of carbonyl (C=O) groups is 1. The van der Waals surface area contributed by atoms with Gasteiger partial charge in [-0.1, -0.05) is 0 Å². The van der Waals surface area contributed by atoms with E-state index in [4.69, 9.17) is 18.6 Å². The number of ether oxygens (including phenoxy) is 3. The van der Waals surface area contributed by atoms with Gasteiger partial charge >= 0.3 is 5.97 Å². The number of furan rings is 1. The minimum atomic E-state index is -0.302. The van der Waals surface area contributed by atoms with Crippen LogP contribution in [0.2, 0.25) is 0 Å². The van der Waals surface area contributed by atoms with E-state index in [0.29, 0.717) is 12.4 Å². The second-order valence-corrected chi connectivity index (χ2v) is 6.11. The van der Waals surface area contributed by atoms with Gasteiger partial charge in [0.2, 0.25) is 0 Å². The van der Waals surface area contributed by atoms with Crippen LogP contribution < -0.4 is 9.47 Å². The first-order chi connectivity index (χ1) is 12.6. The highest BCUT2D eigenvalue weighted by Crippen LogP contribution is 2.25. The van der Waals surface area contributed by atoms with Gasteiger partial charge in [0.05, 0.1) is 19.8 Å². The molecule has 136 valence electrons. The Morgan fingerprint density at radius 1 is 1.00 bits per heavy atom. The zero-order chi connectivity index (χ0) is 18.5. The van der Waals surface area contributed by atoms with Crippen molar-refractivity contribution in [3.05, 3.63) is 59.4 Å². The summed E-state index contributed by atoms with van der Waals surface area (Å²) in [6, 6.07) is 11.3. The van der Waals surface area contributed by atoms with Crippen molar-refractivity contribution in [1.82, 2.24) is 0 Å². The highest BCUT2D eigenvalue weighted by Gasteiger charge is 2.12. The second-order valence-electron chi connectivity index (χ2n) is 6.11. The molecule has 3 aromatic rings. The monoisotopic (exact) mass is 354 g/mol. The van der Waals surface area contributed by atoms with E-state index in [2.05, 4.69) is 0 Å². The molecule has 0 fully saturated rings. The lowest BCUT2D eigenvalue weighted by Gasteiger charge is -2.08. The third-order valence-corrected chi connectivity index (χ3v) is 4.28. The zero-order valence-corrected chi connectivity index (χ0v) is 15.2. The summed E-state index contributed by atoms with van der Waals surface area (Å²) in [4.78, 5) is 12.1. The lowest BCUT2D eigenvalue weighted by Crippen LogP contribution is -2.13. The number of fused-ring (bicyclic) bond motifs is 1. The van der Waals surface area contributed by atoms with Crippen LogP contribution in [-0.2, 0) is 16.0 Å². The zero-order valence-electron chi connectivity index (χ0n) is 15.2. The molecule has 5 heteroatoms. The van der Waals surface area contributed by atoms with Crippen molar-refractivity contribution in [1.29, 1.82) is 0 Å². The van der Waals surface area contributed by atoms with Crippen molar-refractivity contribution in [2.75, 3.05) is 20.3 Å². The highest BCUT2D eigenvalue weighted by atomic mass is 16.6. The van der Waals surface area contributed by atoms with Gasteiger partial charge in [-0.25, -0.2) is 0 Å². The molecular formula is C21H22O5. The van der Waals surface area contributed by atoms with Crippen LogP contribution in [0.15, 0.2) is 47.1 Å². The standard InChI is InChI=1S/C21H22O5/c1-14-10-19-16(13-26-20(19)11-15(14)2)12-21(22)25-9-8-24-18-6-4-17(23-3)5-7-18/h4-7,10-11,13H,8-9,12H2,1-3H3. The van der Waals surface area contributed by atoms with Crippen molar-refractivity contribution in [3.8, 4) is 11.5 Å². The molecule has 0 aliphatic heterocycles. The fourth-order valence-electron chi connectivity index (χ4n) is 2.67. The molecule has 26 heavy (non-hydrogen) atoms. The number of carbonyl (C=O) groups excluding carboxylic acids is 1. The van der Waals surface area contributed by atoms with Crippen molar-refractivity contribution in [3.63, 3.8) is 0 Å². The molecule has 1 aromatic heterocycles. The fourth-order valence-corrected chi connectivity index (χ4v) is 2.67. The molecule has 0 bridgehead atoms. The summed E-state index contributed by atoms with van der Waals surface area (Å²) in [5.74, 6) is 1.17. The molecule has 3 rings (SSSR count). The number of esters is 1. The first-order valence-electron chi connectivity index (χ1n) is 8.46. The Labute approximate surface area is 152 Å². The molecular weight excluding hydrogens is 332 g/mol. The van der Waals surface area contributed by atoms with E-state index in [-0.39, 0.29) is 19.0 Å². The largest absolute Gasteiger partial charge is 0.497 e. The SMILES string of the molecule is COc1ccc(OCCOC(=O)Cc2coc3cc(C)c(C)cc23)cc1. The topological polar surface area (TPSA) is 57.9 Å². The number of methoxy groups -OCH3 is 1. The van der Waals surface area contributed by atoms with E-state index < -0.39 is 0 Å². The van der Waals surface area contributed by atoms with Crippen molar-refractivity contribution >= 4 is 16.9 Å². The summed E-state index contributed by atoms with van der Waals surface area (Å²) in [5.41, 5.74) is 3.96. The highest BCUT2D eigenvalue weighted by molar-refractivity contribution is 5.86. The molecule has 0 saturated carbocycles. The van der Waals surface area contributed by atoms with Gasteiger partial charge in [0.25, 0.3) is 0 Å².